The summed E-state index contributed by atoms with van der Waals surface area (Å²) >= 11 is 3.40. The molecule has 4 heteroatoms. The molecule has 0 aliphatic rings. The van der Waals surface area contributed by atoms with Crippen molar-refractivity contribution in [1.82, 2.24) is 0 Å². The number of halogens is 2. The Morgan fingerprint density at radius 3 is 2.42 bits per heavy atom. The summed E-state index contributed by atoms with van der Waals surface area (Å²) in [5.74, 6) is -0.230. The van der Waals surface area contributed by atoms with Crippen molar-refractivity contribution in [2.45, 2.75) is 13.5 Å². The van der Waals surface area contributed by atoms with Crippen molar-refractivity contribution >= 4 is 27.3 Å². The molecule has 0 aliphatic carbocycles. The lowest BCUT2D eigenvalue weighted by Crippen LogP contribution is -2.22. The van der Waals surface area contributed by atoms with E-state index in [1.54, 1.807) is 6.07 Å². The number of hydrogen-bond donors (Lipinski definition) is 1. The molecule has 0 saturated carbocycles. The van der Waals surface area contributed by atoms with E-state index in [4.69, 9.17) is 5.73 Å². The Kier molecular flexibility index (Phi) is 4.43. The van der Waals surface area contributed by atoms with E-state index < -0.39 is 0 Å². The Labute approximate surface area is 121 Å². The summed E-state index contributed by atoms with van der Waals surface area (Å²) in [4.78, 5) is 2.21. The van der Waals surface area contributed by atoms with Crippen LogP contribution in [0, 0.1) is 5.82 Å². The van der Waals surface area contributed by atoms with Crippen LogP contribution in [-0.2, 0) is 6.54 Å². The third-order valence-corrected chi connectivity index (χ3v) is 3.75. The van der Waals surface area contributed by atoms with E-state index in [1.165, 1.54) is 12.1 Å². The quantitative estimate of drug-likeness (QED) is 0.855. The van der Waals surface area contributed by atoms with Crippen molar-refractivity contribution in [2.24, 2.45) is 0 Å². The van der Waals surface area contributed by atoms with Crippen LogP contribution < -0.4 is 10.6 Å². The zero-order valence-corrected chi connectivity index (χ0v) is 12.3. The summed E-state index contributed by atoms with van der Waals surface area (Å²) in [5.41, 5.74) is 8.61. The number of nitrogens with two attached hydrogens (primary N) is 1. The van der Waals surface area contributed by atoms with E-state index in [1.807, 2.05) is 24.3 Å². The van der Waals surface area contributed by atoms with Gasteiger partial charge in [-0.1, -0.05) is 22.0 Å². The van der Waals surface area contributed by atoms with Gasteiger partial charge in [-0.3, -0.25) is 0 Å². The minimum atomic E-state index is -0.230. The van der Waals surface area contributed by atoms with Gasteiger partial charge >= 0.3 is 0 Å². The first-order valence-electron chi connectivity index (χ1n) is 6.14. The highest BCUT2D eigenvalue weighted by Crippen LogP contribution is 2.23. The highest BCUT2D eigenvalue weighted by molar-refractivity contribution is 9.10. The fourth-order valence-electron chi connectivity index (χ4n) is 1.93. The zero-order valence-electron chi connectivity index (χ0n) is 10.7. The first-order chi connectivity index (χ1) is 9.10. The van der Waals surface area contributed by atoms with Crippen molar-refractivity contribution in [3.8, 4) is 0 Å². The highest BCUT2D eigenvalue weighted by Gasteiger charge is 2.08. The molecule has 0 saturated heterocycles. The van der Waals surface area contributed by atoms with Gasteiger partial charge in [0.25, 0.3) is 0 Å². The summed E-state index contributed by atoms with van der Waals surface area (Å²) in [6, 6.07) is 12.5. The van der Waals surface area contributed by atoms with Crippen LogP contribution in [0.5, 0.6) is 0 Å². The second-order valence-electron chi connectivity index (χ2n) is 4.34. The summed E-state index contributed by atoms with van der Waals surface area (Å²) < 4.78 is 13.9. The van der Waals surface area contributed by atoms with Gasteiger partial charge < -0.3 is 10.6 Å². The lowest BCUT2D eigenvalue weighted by molar-refractivity contribution is 0.625. The van der Waals surface area contributed by atoms with E-state index in [0.717, 1.165) is 34.5 Å². The minimum absolute atomic E-state index is 0.230. The summed E-state index contributed by atoms with van der Waals surface area (Å²) in [6.07, 6.45) is 0. The summed E-state index contributed by atoms with van der Waals surface area (Å²) in [6.45, 7) is 3.68. The average Bonchev–Trinajstić information content (AvgIpc) is 2.39. The second-order valence-corrected chi connectivity index (χ2v) is 5.20. The Morgan fingerprint density at radius 1 is 1.16 bits per heavy atom. The Morgan fingerprint density at radius 2 is 1.84 bits per heavy atom. The molecule has 0 radical (unpaired) electrons. The van der Waals surface area contributed by atoms with Crippen LogP contribution in [0.1, 0.15) is 12.5 Å². The fraction of sp³-hybridized carbons (Fsp3) is 0.200. The van der Waals surface area contributed by atoms with E-state index in [2.05, 4.69) is 27.8 Å². The summed E-state index contributed by atoms with van der Waals surface area (Å²) in [7, 11) is 0. The van der Waals surface area contributed by atoms with E-state index in [9.17, 15) is 4.39 Å². The average molecular weight is 323 g/mol. The van der Waals surface area contributed by atoms with Crippen LogP contribution in [0.2, 0.25) is 0 Å². The largest absolute Gasteiger partial charge is 0.399 e. The van der Waals surface area contributed by atoms with E-state index in [-0.39, 0.29) is 5.82 Å². The SMILES string of the molecule is CCN(Cc1ccc(F)cc1Br)c1ccc(N)cc1. The number of nitrogen functional groups attached to an aromatic ring is 1. The van der Waals surface area contributed by atoms with Gasteiger partial charge in [0.15, 0.2) is 0 Å². The van der Waals surface area contributed by atoms with Gasteiger partial charge in [-0.15, -0.1) is 0 Å². The smallest absolute Gasteiger partial charge is 0.124 e. The molecule has 19 heavy (non-hydrogen) atoms. The molecule has 0 aliphatic heterocycles. The van der Waals surface area contributed by atoms with Gasteiger partial charge in [0.2, 0.25) is 0 Å². The molecule has 0 fully saturated rings. The molecule has 0 amide bonds. The molecule has 2 N–H and O–H groups in total. The van der Waals surface area contributed by atoms with Gasteiger partial charge in [0.05, 0.1) is 0 Å². The predicted octanol–water partition coefficient (Wildman–Crippen LogP) is 4.20. The first-order valence-corrected chi connectivity index (χ1v) is 6.94. The Balaban J connectivity index is 2.21. The number of hydrogen-bond acceptors (Lipinski definition) is 2. The van der Waals surface area contributed by atoms with Crippen molar-refractivity contribution in [3.63, 3.8) is 0 Å². The molecule has 0 atom stereocenters. The molecular weight excluding hydrogens is 307 g/mol. The molecule has 2 nitrogen and oxygen atoms in total. The molecule has 0 unspecified atom stereocenters. The minimum Gasteiger partial charge on any atom is -0.399 e. The topological polar surface area (TPSA) is 29.3 Å². The number of rotatable bonds is 4. The second kappa shape index (κ2) is 6.06. The highest BCUT2D eigenvalue weighted by atomic mass is 79.9. The molecule has 0 bridgehead atoms. The Hall–Kier alpha value is -1.55. The van der Waals surface area contributed by atoms with Crippen LogP contribution in [0.25, 0.3) is 0 Å². The molecule has 0 spiro atoms. The normalized spacial score (nSPS) is 10.5. The monoisotopic (exact) mass is 322 g/mol. The van der Waals surface area contributed by atoms with Crippen molar-refractivity contribution in [1.29, 1.82) is 0 Å². The zero-order chi connectivity index (χ0) is 13.8. The Bertz CT molecular complexity index is 555. The standard InChI is InChI=1S/C15H16BrFN2/c1-2-19(14-7-5-13(18)6-8-14)10-11-3-4-12(17)9-15(11)16/h3-9H,2,10,18H2,1H3. The number of benzene rings is 2. The van der Waals surface area contributed by atoms with Crippen molar-refractivity contribution < 1.29 is 4.39 Å². The molecule has 0 aromatic heterocycles. The maximum Gasteiger partial charge on any atom is 0.124 e. The third-order valence-electron chi connectivity index (χ3n) is 3.02. The van der Waals surface area contributed by atoms with Gasteiger partial charge in [-0.25, -0.2) is 4.39 Å². The molecule has 2 rings (SSSR count). The molecule has 2 aromatic carbocycles. The molecule has 100 valence electrons. The van der Waals surface area contributed by atoms with Gasteiger partial charge in [0.1, 0.15) is 5.82 Å². The van der Waals surface area contributed by atoms with Crippen LogP contribution in [0.4, 0.5) is 15.8 Å². The number of anilines is 2. The molecular formula is C15H16BrFN2. The fourth-order valence-corrected chi connectivity index (χ4v) is 2.40. The van der Waals surface area contributed by atoms with Crippen LogP contribution >= 0.6 is 15.9 Å². The molecule has 2 aromatic rings. The van der Waals surface area contributed by atoms with Gasteiger partial charge in [-0.2, -0.15) is 0 Å². The van der Waals surface area contributed by atoms with Crippen molar-refractivity contribution in [3.05, 3.63) is 58.3 Å². The van der Waals surface area contributed by atoms with Crippen LogP contribution in [0.3, 0.4) is 0 Å². The lowest BCUT2D eigenvalue weighted by atomic mass is 10.2. The summed E-state index contributed by atoms with van der Waals surface area (Å²) in [5, 5.41) is 0. The van der Waals surface area contributed by atoms with Crippen LogP contribution in [-0.4, -0.2) is 6.54 Å². The maximum atomic E-state index is 13.1. The van der Waals surface area contributed by atoms with Crippen molar-refractivity contribution in [2.75, 3.05) is 17.2 Å². The van der Waals surface area contributed by atoms with Gasteiger partial charge in [-0.05, 0) is 48.9 Å². The third kappa shape index (κ3) is 3.47. The lowest BCUT2D eigenvalue weighted by Gasteiger charge is -2.24. The predicted molar refractivity (Wildman–Crippen MR) is 81.7 cm³/mol. The van der Waals surface area contributed by atoms with Crippen LogP contribution in [0.15, 0.2) is 46.9 Å². The van der Waals surface area contributed by atoms with E-state index >= 15 is 0 Å². The van der Waals surface area contributed by atoms with Gasteiger partial charge in [0, 0.05) is 28.9 Å². The maximum absolute atomic E-state index is 13.1. The number of nitrogens with zero attached hydrogens (tertiary/aromatic N) is 1. The van der Waals surface area contributed by atoms with E-state index in [0.29, 0.717) is 0 Å². The molecule has 0 heterocycles. The first kappa shape index (κ1) is 13.9.